The summed E-state index contributed by atoms with van der Waals surface area (Å²) >= 11 is 0. The molecule has 19 heavy (non-hydrogen) atoms. The van der Waals surface area contributed by atoms with E-state index < -0.39 is 5.60 Å². The molecule has 1 aliphatic heterocycles. The maximum atomic E-state index is 11.8. The molecule has 4 nitrogen and oxygen atoms in total. The summed E-state index contributed by atoms with van der Waals surface area (Å²) in [7, 11) is 0. The van der Waals surface area contributed by atoms with Crippen molar-refractivity contribution in [3.8, 4) is 0 Å². The minimum absolute atomic E-state index is 0.00905. The lowest BCUT2D eigenvalue weighted by atomic mass is 9.97. The van der Waals surface area contributed by atoms with E-state index in [-0.39, 0.29) is 12.3 Å². The summed E-state index contributed by atoms with van der Waals surface area (Å²) in [5, 5.41) is 13.1. The van der Waals surface area contributed by atoms with Crippen LogP contribution in [-0.2, 0) is 4.79 Å². The van der Waals surface area contributed by atoms with Gasteiger partial charge >= 0.3 is 0 Å². The van der Waals surface area contributed by atoms with Gasteiger partial charge in [-0.3, -0.25) is 4.79 Å². The first-order chi connectivity index (χ1) is 9.07. The van der Waals surface area contributed by atoms with E-state index >= 15 is 0 Å². The fourth-order valence-electron chi connectivity index (χ4n) is 3.21. The first kappa shape index (κ1) is 14.8. The zero-order valence-electron chi connectivity index (χ0n) is 12.2. The molecule has 1 saturated heterocycles. The predicted molar refractivity (Wildman–Crippen MR) is 75.9 cm³/mol. The van der Waals surface area contributed by atoms with Crippen LogP contribution >= 0.6 is 0 Å². The third kappa shape index (κ3) is 4.77. The molecular weight excluding hydrogens is 240 g/mol. The lowest BCUT2D eigenvalue weighted by molar-refractivity contribution is -0.125. The van der Waals surface area contributed by atoms with Crippen molar-refractivity contribution in [1.29, 1.82) is 0 Å². The molecule has 1 aliphatic carbocycles. The predicted octanol–water partition coefficient (Wildman–Crippen LogP) is 1.53. The van der Waals surface area contributed by atoms with Crippen LogP contribution in [0.25, 0.3) is 0 Å². The van der Waals surface area contributed by atoms with Gasteiger partial charge in [0, 0.05) is 13.1 Å². The Morgan fingerprint density at radius 3 is 2.58 bits per heavy atom. The van der Waals surface area contributed by atoms with E-state index in [0.29, 0.717) is 6.54 Å². The number of nitrogens with zero attached hydrogens (tertiary/aromatic N) is 1. The Hall–Kier alpha value is -0.610. The summed E-state index contributed by atoms with van der Waals surface area (Å²) in [6, 6.07) is 0. The van der Waals surface area contributed by atoms with Gasteiger partial charge in [0.15, 0.2) is 0 Å². The first-order valence-corrected chi connectivity index (χ1v) is 7.79. The Kier molecular flexibility index (Phi) is 5.22. The van der Waals surface area contributed by atoms with Crippen molar-refractivity contribution in [2.75, 3.05) is 26.2 Å². The van der Waals surface area contributed by atoms with Crippen molar-refractivity contribution < 1.29 is 9.90 Å². The Morgan fingerprint density at radius 2 is 1.95 bits per heavy atom. The molecule has 0 aromatic carbocycles. The van der Waals surface area contributed by atoms with E-state index in [1.165, 1.54) is 12.8 Å². The summed E-state index contributed by atoms with van der Waals surface area (Å²) in [6.45, 7) is 6.27. The quantitative estimate of drug-likeness (QED) is 0.795. The zero-order valence-corrected chi connectivity index (χ0v) is 12.2. The molecule has 110 valence electrons. The van der Waals surface area contributed by atoms with E-state index in [2.05, 4.69) is 17.1 Å². The molecule has 1 heterocycles. The molecular formula is C15H28N2O2. The topological polar surface area (TPSA) is 52.6 Å². The minimum atomic E-state index is -0.718. The average Bonchev–Trinajstić information content (AvgIpc) is 2.78. The highest BCUT2D eigenvalue weighted by Crippen LogP contribution is 2.32. The van der Waals surface area contributed by atoms with Gasteiger partial charge in [-0.2, -0.15) is 0 Å². The summed E-state index contributed by atoms with van der Waals surface area (Å²) in [6.07, 6.45) is 6.49. The maximum absolute atomic E-state index is 11.8. The third-order valence-electron chi connectivity index (χ3n) is 4.65. The van der Waals surface area contributed by atoms with Gasteiger partial charge in [0.2, 0.25) is 5.91 Å². The maximum Gasteiger partial charge on any atom is 0.222 e. The number of piperidine rings is 1. The largest absolute Gasteiger partial charge is 0.389 e. The van der Waals surface area contributed by atoms with Crippen molar-refractivity contribution >= 4 is 5.91 Å². The Balaban J connectivity index is 1.59. The highest BCUT2D eigenvalue weighted by Gasteiger charge is 2.33. The van der Waals surface area contributed by atoms with Crippen LogP contribution in [0.5, 0.6) is 0 Å². The number of hydrogen-bond donors (Lipinski definition) is 2. The molecule has 0 bridgehead atoms. The van der Waals surface area contributed by atoms with Gasteiger partial charge in [-0.05, 0) is 44.7 Å². The molecule has 0 aromatic heterocycles. The fourth-order valence-corrected chi connectivity index (χ4v) is 3.21. The van der Waals surface area contributed by atoms with Crippen LogP contribution in [0.4, 0.5) is 0 Å². The Bertz CT molecular complexity index is 293. The second kappa shape index (κ2) is 6.71. The van der Waals surface area contributed by atoms with Crippen molar-refractivity contribution in [2.24, 2.45) is 5.92 Å². The molecule has 4 heteroatoms. The lowest BCUT2D eigenvalue weighted by Crippen LogP contribution is -2.41. The molecule has 0 unspecified atom stereocenters. The molecule has 1 saturated carbocycles. The molecule has 0 aromatic rings. The van der Waals surface area contributed by atoms with Crippen LogP contribution < -0.4 is 5.32 Å². The normalized spacial score (nSPS) is 24.5. The van der Waals surface area contributed by atoms with Crippen LogP contribution in [0.3, 0.4) is 0 Å². The van der Waals surface area contributed by atoms with Gasteiger partial charge in [0.1, 0.15) is 0 Å². The average molecular weight is 268 g/mol. The van der Waals surface area contributed by atoms with Crippen molar-refractivity contribution in [1.82, 2.24) is 10.2 Å². The first-order valence-electron chi connectivity index (χ1n) is 7.79. The van der Waals surface area contributed by atoms with E-state index in [9.17, 15) is 9.90 Å². The van der Waals surface area contributed by atoms with Gasteiger partial charge in [0.05, 0.1) is 12.0 Å². The molecule has 0 spiro atoms. The number of carbonyl (C=O) groups is 1. The monoisotopic (exact) mass is 268 g/mol. The number of amides is 1. The number of likely N-dealkylation sites (tertiary alicyclic amines) is 1. The van der Waals surface area contributed by atoms with E-state index in [0.717, 1.165) is 51.2 Å². The number of nitrogens with one attached hydrogen (secondary N) is 1. The Labute approximate surface area is 116 Å². The molecule has 2 aliphatic rings. The standard InChI is InChI=1S/C15H28N2O2/c1-13-4-9-17(10-5-13)11-8-16-14(18)12-15(19)6-2-3-7-15/h13,19H,2-12H2,1H3,(H,16,18). The number of hydrogen-bond acceptors (Lipinski definition) is 3. The van der Waals surface area contributed by atoms with Crippen LogP contribution in [0.2, 0.25) is 0 Å². The summed E-state index contributed by atoms with van der Waals surface area (Å²) < 4.78 is 0. The van der Waals surface area contributed by atoms with Gasteiger partial charge in [-0.25, -0.2) is 0 Å². The number of carbonyl (C=O) groups excluding carboxylic acids is 1. The van der Waals surface area contributed by atoms with Crippen molar-refractivity contribution in [2.45, 2.75) is 57.5 Å². The summed E-state index contributed by atoms with van der Waals surface area (Å²) in [5.74, 6) is 0.859. The minimum Gasteiger partial charge on any atom is -0.389 e. The summed E-state index contributed by atoms with van der Waals surface area (Å²) in [5.41, 5.74) is -0.718. The van der Waals surface area contributed by atoms with Gasteiger partial charge in [0.25, 0.3) is 0 Å². The number of rotatable bonds is 5. The summed E-state index contributed by atoms with van der Waals surface area (Å²) in [4.78, 5) is 14.2. The molecule has 2 fully saturated rings. The van der Waals surface area contributed by atoms with Crippen LogP contribution in [0.15, 0.2) is 0 Å². The van der Waals surface area contributed by atoms with Gasteiger partial charge in [-0.15, -0.1) is 0 Å². The van der Waals surface area contributed by atoms with E-state index in [4.69, 9.17) is 0 Å². The number of aliphatic hydroxyl groups is 1. The Morgan fingerprint density at radius 1 is 1.32 bits per heavy atom. The van der Waals surface area contributed by atoms with E-state index in [1.54, 1.807) is 0 Å². The highest BCUT2D eigenvalue weighted by molar-refractivity contribution is 5.77. The van der Waals surface area contributed by atoms with Gasteiger partial charge < -0.3 is 15.3 Å². The lowest BCUT2D eigenvalue weighted by Gasteiger charge is -2.30. The molecule has 2 rings (SSSR count). The van der Waals surface area contributed by atoms with Gasteiger partial charge in [-0.1, -0.05) is 19.8 Å². The zero-order chi connectivity index (χ0) is 13.7. The van der Waals surface area contributed by atoms with Crippen LogP contribution in [-0.4, -0.2) is 47.7 Å². The van der Waals surface area contributed by atoms with E-state index in [1.807, 2.05) is 0 Å². The highest BCUT2D eigenvalue weighted by atomic mass is 16.3. The third-order valence-corrected chi connectivity index (χ3v) is 4.65. The molecule has 0 radical (unpaired) electrons. The molecule has 2 N–H and O–H groups in total. The second-order valence-electron chi connectivity index (χ2n) is 6.48. The van der Waals surface area contributed by atoms with Crippen LogP contribution in [0.1, 0.15) is 51.9 Å². The molecule has 0 atom stereocenters. The van der Waals surface area contributed by atoms with Crippen molar-refractivity contribution in [3.63, 3.8) is 0 Å². The van der Waals surface area contributed by atoms with Crippen LogP contribution in [0, 0.1) is 5.92 Å². The SMILES string of the molecule is CC1CCN(CCNC(=O)CC2(O)CCCC2)CC1. The molecule has 1 amide bonds. The second-order valence-corrected chi connectivity index (χ2v) is 6.48. The fraction of sp³-hybridized carbons (Fsp3) is 0.933. The smallest absolute Gasteiger partial charge is 0.222 e. The van der Waals surface area contributed by atoms with Crippen molar-refractivity contribution in [3.05, 3.63) is 0 Å².